The summed E-state index contributed by atoms with van der Waals surface area (Å²) in [6.07, 6.45) is 6.59. The summed E-state index contributed by atoms with van der Waals surface area (Å²) in [6, 6.07) is 0. The van der Waals surface area contributed by atoms with Crippen LogP contribution in [0.5, 0.6) is 0 Å². The largest absolute Gasteiger partial charge is 0.396 e. The molecule has 0 amide bonds. The minimum atomic E-state index is 0.315. The van der Waals surface area contributed by atoms with Crippen LogP contribution in [0.25, 0.3) is 0 Å². The molecule has 1 heteroatoms. The molecule has 1 nitrogen and oxygen atoms in total. The van der Waals surface area contributed by atoms with Gasteiger partial charge >= 0.3 is 0 Å². The summed E-state index contributed by atoms with van der Waals surface area (Å²) in [7, 11) is 0. The van der Waals surface area contributed by atoms with E-state index in [1.165, 1.54) is 6.42 Å². The molecule has 72 valence electrons. The SMILES string of the molecule is CC/C(=C/CCCO)CC(C)C. The lowest BCUT2D eigenvalue weighted by atomic mass is 10.00. The summed E-state index contributed by atoms with van der Waals surface area (Å²) in [6.45, 7) is 7.01. The Kier molecular flexibility index (Phi) is 7.17. The maximum Gasteiger partial charge on any atom is 0.0433 e. The van der Waals surface area contributed by atoms with Crippen LogP contribution >= 0.6 is 0 Å². The smallest absolute Gasteiger partial charge is 0.0433 e. The van der Waals surface area contributed by atoms with Gasteiger partial charge in [-0.1, -0.05) is 32.4 Å². The van der Waals surface area contributed by atoms with E-state index in [0.717, 1.165) is 25.2 Å². The number of rotatable bonds is 6. The fourth-order valence-electron chi connectivity index (χ4n) is 1.29. The van der Waals surface area contributed by atoms with Crippen LogP contribution in [0.3, 0.4) is 0 Å². The van der Waals surface area contributed by atoms with Gasteiger partial charge in [-0.25, -0.2) is 0 Å². The first-order valence-corrected chi connectivity index (χ1v) is 4.99. The molecule has 0 aliphatic rings. The molecule has 0 rings (SSSR count). The van der Waals surface area contributed by atoms with Crippen molar-refractivity contribution < 1.29 is 5.11 Å². The predicted molar refractivity (Wildman–Crippen MR) is 54.1 cm³/mol. The molecule has 0 saturated carbocycles. The molecule has 0 aromatic rings. The van der Waals surface area contributed by atoms with E-state index < -0.39 is 0 Å². The second-order valence-corrected chi connectivity index (χ2v) is 3.68. The van der Waals surface area contributed by atoms with Gasteiger partial charge in [-0.15, -0.1) is 0 Å². The molecule has 0 unspecified atom stereocenters. The molecule has 0 fully saturated rings. The van der Waals surface area contributed by atoms with Crippen LogP contribution in [0.4, 0.5) is 0 Å². The summed E-state index contributed by atoms with van der Waals surface area (Å²) >= 11 is 0. The van der Waals surface area contributed by atoms with Gasteiger partial charge in [-0.3, -0.25) is 0 Å². The normalized spacial score (nSPS) is 12.6. The Balaban J connectivity index is 3.70. The lowest BCUT2D eigenvalue weighted by Crippen LogP contribution is -1.91. The van der Waals surface area contributed by atoms with Crippen molar-refractivity contribution in [3.05, 3.63) is 11.6 Å². The zero-order valence-electron chi connectivity index (χ0n) is 8.64. The van der Waals surface area contributed by atoms with E-state index in [4.69, 9.17) is 5.11 Å². The Morgan fingerprint density at radius 2 is 2.08 bits per heavy atom. The number of aliphatic hydroxyl groups is 1. The highest BCUT2D eigenvalue weighted by Crippen LogP contribution is 2.14. The Bertz CT molecular complexity index is 125. The predicted octanol–water partition coefficient (Wildman–Crippen LogP) is 3.14. The van der Waals surface area contributed by atoms with Crippen molar-refractivity contribution in [1.82, 2.24) is 0 Å². The van der Waals surface area contributed by atoms with Gasteiger partial charge in [0.1, 0.15) is 0 Å². The molecular formula is C11H22O. The van der Waals surface area contributed by atoms with Crippen LogP contribution in [0.15, 0.2) is 11.6 Å². The van der Waals surface area contributed by atoms with Crippen molar-refractivity contribution in [3.8, 4) is 0 Å². The first kappa shape index (κ1) is 11.7. The monoisotopic (exact) mass is 170 g/mol. The Labute approximate surface area is 76.5 Å². The van der Waals surface area contributed by atoms with E-state index >= 15 is 0 Å². The van der Waals surface area contributed by atoms with Crippen molar-refractivity contribution in [2.75, 3.05) is 6.61 Å². The van der Waals surface area contributed by atoms with Gasteiger partial charge in [0.15, 0.2) is 0 Å². The fourth-order valence-corrected chi connectivity index (χ4v) is 1.29. The number of hydrogen-bond acceptors (Lipinski definition) is 1. The third-order valence-electron chi connectivity index (χ3n) is 1.92. The Morgan fingerprint density at radius 1 is 1.42 bits per heavy atom. The third-order valence-corrected chi connectivity index (χ3v) is 1.92. The van der Waals surface area contributed by atoms with Gasteiger partial charge in [0.25, 0.3) is 0 Å². The van der Waals surface area contributed by atoms with Gasteiger partial charge in [-0.05, 0) is 31.6 Å². The molecule has 0 atom stereocenters. The molecule has 0 bridgehead atoms. The Morgan fingerprint density at radius 3 is 2.50 bits per heavy atom. The molecule has 0 spiro atoms. The summed E-state index contributed by atoms with van der Waals surface area (Å²) in [5, 5.41) is 8.60. The van der Waals surface area contributed by atoms with Crippen molar-refractivity contribution >= 4 is 0 Å². The molecule has 0 aromatic carbocycles. The van der Waals surface area contributed by atoms with Crippen molar-refractivity contribution in [1.29, 1.82) is 0 Å². The molecule has 0 saturated heterocycles. The van der Waals surface area contributed by atoms with Crippen molar-refractivity contribution in [3.63, 3.8) is 0 Å². The van der Waals surface area contributed by atoms with Gasteiger partial charge in [0.05, 0.1) is 0 Å². The van der Waals surface area contributed by atoms with Crippen LogP contribution in [-0.4, -0.2) is 11.7 Å². The molecule has 0 aromatic heterocycles. The molecule has 0 heterocycles. The van der Waals surface area contributed by atoms with Crippen LogP contribution in [0.2, 0.25) is 0 Å². The van der Waals surface area contributed by atoms with Crippen LogP contribution in [0, 0.1) is 5.92 Å². The lowest BCUT2D eigenvalue weighted by Gasteiger charge is -2.07. The van der Waals surface area contributed by atoms with E-state index in [-0.39, 0.29) is 0 Å². The number of unbranched alkanes of at least 4 members (excludes halogenated alkanes) is 1. The zero-order valence-corrected chi connectivity index (χ0v) is 8.64. The number of hydrogen-bond donors (Lipinski definition) is 1. The molecule has 12 heavy (non-hydrogen) atoms. The zero-order chi connectivity index (χ0) is 9.40. The van der Waals surface area contributed by atoms with Gasteiger partial charge < -0.3 is 5.11 Å². The summed E-state index contributed by atoms with van der Waals surface area (Å²) in [5.74, 6) is 0.755. The summed E-state index contributed by atoms with van der Waals surface area (Å²) < 4.78 is 0. The average Bonchev–Trinajstić information content (AvgIpc) is 2.02. The standard InChI is InChI=1S/C11H22O/c1-4-11(9-10(2)3)7-5-6-8-12/h7,10,12H,4-6,8-9H2,1-3H3/b11-7-. The van der Waals surface area contributed by atoms with E-state index in [1.807, 2.05) is 0 Å². The summed E-state index contributed by atoms with van der Waals surface area (Å²) in [4.78, 5) is 0. The molecular weight excluding hydrogens is 148 g/mol. The average molecular weight is 170 g/mol. The first-order valence-electron chi connectivity index (χ1n) is 4.99. The first-order chi connectivity index (χ1) is 5.70. The minimum Gasteiger partial charge on any atom is -0.396 e. The quantitative estimate of drug-likeness (QED) is 0.479. The van der Waals surface area contributed by atoms with Gasteiger partial charge in [0.2, 0.25) is 0 Å². The third kappa shape index (κ3) is 6.41. The van der Waals surface area contributed by atoms with E-state index in [0.29, 0.717) is 6.61 Å². The maximum atomic E-state index is 8.60. The van der Waals surface area contributed by atoms with Gasteiger partial charge in [0, 0.05) is 6.61 Å². The van der Waals surface area contributed by atoms with Crippen LogP contribution < -0.4 is 0 Å². The molecule has 0 aliphatic heterocycles. The lowest BCUT2D eigenvalue weighted by molar-refractivity contribution is 0.289. The van der Waals surface area contributed by atoms with Crippen LogP contribution in [-0.2, 0) is 0 Å². The second-order valence-electron chi connectivity index (χ2n) is 3.68. The summed E-state index contributed by atoms with van der Waals surface area (Å²) in [5.41, 5.74) is 1.54. The highest BCUT2D eigenvalue weighted by atomic mass is 16.2. The van der Waals surface area contributed by atoms with E-state index in [2.05, 4.69) is 26.8 Å². The topological polar surface area (TPSA) is 20.2 Å². The second kappa shape index (κ2) is 7.35. The minimum absolute atomic E-state index is 0.315. The van der Waals surface area contributed by atoms with Crippen LogP contribution in [0.1, 0.15) is 46.5 Å². The fraction of sp³-hybridized carbons (Fsp3) is 0.818. The van der Waals surface area contributed by atoms with E-state index in [1.54, 1.807) is 5.57 Å². The maximum absolute atomic E-state index is 8.60. The number of allylic oxidation sites excluding steroid dienone is 2. The Hall–Kier alpha value is -0.300. The highest BCUT2D eigenvalue weighted by Gasteiger charge is 1.97. The molecule has 1 N–H and O–H groups in total. The highest BCUT2D eigenvalue weighted by molar-refractivity contribution is 5.01. The van der Waals surface area contributed by atoms with Gasteiger partial charge in [-0.2, -0.15) is 0 Å². The molecule has 0 radical (unpaired) electrons. The number of aliphatic hydroxyl groups excluding tert-OH is 1. The van der Waals surface area contributed by atoms with Crippen molar-refractivity contribution in [2.45, 2.75) is 46.5 Å². The van der Waals surface area contributed by atoms with Crippen molar-refractivity contribution in [2.24, 2.45) is 5.92 Å². The van der Waals surface area contributed by atoms with E-state index in [9.17, 15) is 0 Å². The molecule has 0 aliphatic carbocycles.